The Morgan fingerprint density at radius 1 is 1.06 bits per heavy atom. The average Bonchev–Trinajstić information content (AvgIpc) is 2.75. The van der Waals surface area contributed by atoms with Gasteiger partial charge in [-0.15, -0.1) is 0 Å². The second-order valence-corrected chi connectivity index (χ2v) is 4.66. The van der Waals surface area contributed by atoms with Gasteiger partial charge in [0.05, 0.1) is 0 Å². The Hall–Kier alpha value is -1.82. The number of hydrogen-bond donors (Lipinski definition) is 0. The third-order valence-corrected chi connectivity index (χ3v) is 3.63. The molecule has 17 heavy (non-hydrogen) atoms. The zero-order valence-corrected chi connectivity index (χ0v) is 10.2. The van der Waals surface area contributed by atoms with Crippen LogP contribution in [0.5, 0.6) is 0 Å². The highest BCUT2D eigenvalue weighted by atomic mass is 14.2. The first-order valence-corrected chi connectivity index (χ1v) is 6.19. The van der Waals surface area contributed by atoms with Gasteiger partial charge >= 0.3 is 0 Å². The number of allylic oxidation sites excluding steroid dienone is 1. The van der Waals surface area contributed by atoms with Crippen molar-refractivity contribution in [3.63, 3.8) is 0 Å². The van der Waals surface area contributed by atoms with Gasteiger partial charge in [-0.25, -0.2) is 0 Å². The van der Waals surface area contributed by atoms with E-state index in [1.165, 1.54) is 33.4 Å². The second-order valence-electron chi connectivity index (χ2n) is 4.66. The van der Waals surface area contributed by atoms with E-state index < -0.39 is 0 Å². The summed E-state index contributed by atoms with van der Waals surface area (Å²) in [5.41, 5.74) is 8.20. The quantitative estimate of drug-likeness (QED) is 0.588. The lowest BCUT2D eigenvalue weighted by Crippen LogP contribution is -1.85. The van der Waals surface area contributed by atoms with Gasteiger partial charge in [-0.1, -0.05) is 56.0 Å². The molecule has 0 bridgehead atoms. The van der Waals surface area contributed by atoms with Crippen LogP contribution in [0.15, 0.2) is 49.0 Å². The number of fused-ring (bicyclic) bond motifs is 3. The van der Waals surface area contributed by atoms with Crippen LogP contribution in [0.1, 0.15) is 30.0 Å². The molecule has 0 aliphatic heterocycles. The number of rotatable bonds is 2. The maximum Gasteiger partial charge on any atom is -0.00132 e. The summed E-state index contributed by atoms with van der Waals surface area (Å²) in [5.74, 6) is 0. The van der Waals surface area contributed by atoms with Gasteiger partial charge in [-0.2, -0.15) is 0 Å². The molecule has 84 valence electrons. The fourth-order valence-electron chi connectivity index (χ4n) is 2.57. The molecule has 1 aliphatic rings. The molecular formula is C17H16. The van der Waals surface area contributed by atoms with Crippen molar-refractivity contribution in [3.8, 4) is 11.1 Å². The van der Waals surface area contributed by atoms with Crippen molar-refractivity contribution >= 4 is 5.57 Å². The van der Waals surface area contributed by atoms with Crippen molar-refractivity contribution in [1.29, 1.82) is 0 Å². The van der Waals surface area contributed by atoms with Gasteiger partial charge in [0.25, 0.3) is 0 Å². The van der Waals surface area contributed by atoms with E-state index in [4.69, 9.17) is 0 Å². The van der Waals surface area contributed by atoms with E-state index in [0.29, 0.717) is 0 Å². The van der Waals surface area contributed by atoms with E-state index in [1.807, 2.05) is 0 Å². The molecule has 0 unspecified atom stereocenters. The zero-order chi connectivity index (χ0) is 11.8. The first kappa shape index (κ1) is 10.3. The standard InChI is InChI=1S/C17H16/c1-3-12(2)13-8-9-17-15(10-13)11-14-6-4-5-7-16(14)17/h4-10H,2-3,11H2,1H3. The van der Waals surface area contributed by atoms with E-state index in [0.717, 1.165) is 12.8 Å². The lowest BCUT2D eigenvalue weighted by molar-refractivity contribution is 1.22. The van der Waals surface area contributed by atoms with Gasteiger partial charge in [-0.05, 0) is 46.2 Å². The monoisotopic (exact) mass is 220 g/mol. The van der Waals surface area contributed by atoms with Crippen LogP contribution in [-0.4, -0.2) is 0 Å². The van der Waals surface area contributed by atoms with E-state index >= 15 is 0 Å². The molecule has 0 nitrogen and oxygen atoms in total. The topological polar surface area (TPSA) is 0 Å². The summed E-state index contributed by atoms with van der Waals surface area (Å²) in [5, 5.41) is 0. The molecule has 1 aliphatic carbocycles. The molecule has 0 amide bonds. The minimum absolute atomic E-state index is 1.02. The van der Waals surface area contributed by atoms with Gasteiger partial charge in [0.2, 0.25) is 0 Å². The summed E-state index contributed by atoms with van der Waals surface area (Å²) < 4.78 is 0. The van der Waals surface area contributed by atoms with Crippen molar-refractivity contribution < 1.29 is 0 Å². The van der Waals surface area contributed by atoms with Crippen LogP contribution >= 0.6 is 0 Å². The van der Waals surface area contributed by atoms with Crippen LogP contribution in [0.25, 0.3) is 16.7 Å². The summed E-state index contributed by atoms with van der Waals surface area (Å²) in [4.78, 5) is 0. The van der Waals surface area contributed by atoms with E-state index in [1.54, 1.807) is 0 Å². The number of benzene rings is 2. The van der Waals surface area contributed by atoms with Crippen molar-refractivity contribution in [2.75, 3.05) is 0 Å². The Morgan fingerprint density at radius 2 is 1.82 bits per heavy atom. The van der Waals surface area contributed by atoms with Crippen molar-refractivity contribution in [2.45, 2.75) is 19.8 Å². The van der Waals surface area contributed by atoms with Gasteiger partial charge < -0.3 is 0 Å². The molecule has 0 saturated carbocycles. The Morgan fingerprint density at radius 3 is 2.65 bits per heavy atom. The summed E-state index contributed by atoms with van der Waals surface area (Å²) >= 11 is 0. The predicted molar refractivity (Wildman–Crippen MR) is 74.0 cm³/mol. The molecule has 2 aromatic carbocycles. The minimum Gasteiger partial charge on any atom is -0.0952 e. The van der Waals surface area contributed by atoms with Gasteiger partial charge in [0.15, 0.2) is 0 Å². The van der Waals surface area contributed by atoms with Gasteiger partial charge in [0, 0.05) is 0 Å². The Balaban J connectivity index is 2.10. The van der Waals surface area contributed by atoms with Gasteiger partial charge in [0.1, 0.15) is 0 Å². The third kappa shape index (κ3) is 1.61. The van der Waals surface area contributed by atoms with Crippen LogP contribution in [0.4, 0.5) is 0 Å². The fourth-order valence-corrected chi connectivity index (χ4v) is 2.57. The zero-order valence-electron chi connectivity index (χ0n) is 10.2. The molecule has 0 heterocycles. The van der Waals surface area contributed by atoms with Crippen molar-refractivity contribution in [2.24, 2.45) is 0 Å². The van der Waals surface area contributed by atoms with Crippen LogP contribution in [0.2, 0.25) is 0 Å². The lowest BCUT2D eigenvalue weighted by Gasteiger charge is -2.06. The van der Waals surface area contributed by atoms with Crippen molar-refractivity contribution in [3.05, 3.63) is 65.7 Å². The number of hydrogen-bond acceptors (Lipinski definition) is 0. The molecule has 0 N–H and O–H groups in total. The van der Waals surface area contributed by atoms with Crippen molar-refractivity contribution in [1.82, 2.24) is 0 Å². The molecule has 2 aromatic rings. The maximum absolute atomic E-state index is 4.12. The highest BCUT2D eigenvalue weighted by Gasteiger charge is 2.17. The second kappa shape index (κ2) is 3.89. The molecule has 0 fully saturated rings. The summed E-state index contributed by atoms with van der Waals surface area (Å²) in [7, 11) is 0. The van der Waals surface area contributed by atoms with E-state index in [2.05, 4.69) is 56.0 Å². The van der Waals surface area contributed by atoms with Crippen LogP contribution < -0.4 is 0 Å². The van der Waals surface area contributed by atoms with E-state index in [9.17, 15) is 0 Å². The Kier molecular flexibility index (Phi) is 2.36. The Labute approximate surface area is 103 Å². The lowest BCUT2D eigenvalue weighted by atomic mass is 9.99. The summed E-state index contributed by atoms with van der Waals surface area (Å²) in [6.07, 6.45) is 2.09. The highest BCUT2D eigenvalue weighted by molar-refractivity contribution is 5.79. The summed E-state index contributed by atoms with van der Waals surface area (Å²) in [6.45, 7) is 6.28. The minimum atomic E-state index is 1.02. The third-order valence-electron chi connectivity index (χ3n) is 3.63. The van der Waals surface area contributed by atoms with Crippen LogP contribution in [-0.2, 0) is 6.42 Å². The van der Waals surface area contributed by atoms with Crippen LogP contribution in [0, 0.1) is 0 Å². The highest BCUT2D eigenvalue weighted by Crippen LogP contribution is 2.37. The molecule has 0 radical (unpaired) electrons. The molecule has 0 atom stereocenters. The Bertz CT molecular complexity index is 591. The van der Waals surface area contributed by atoms with Crippen LogP contribution in [0.3, 0.4) is 0 Å². The SMILES string of the molecule is C=C(CC)c1ccc2c(c1)Cc1ccccc1-2. The largest absolute Gasteiger partial charge is 0.0952 e. The molecule has 0 spiro atoms. The fraction of sp³-hybridized carbons (Fsp3) is 0.176. The smallest absolute Gasteiger partial charge is 0.00132 e. The van der Waals surface area contributed by atoms with E-state index in [-0.39, 0.29) is 0 Å². The summed E-state index contributed by atoms with van der Waals surface area (Å²) in [6, 6.07) is 15.4. The maximum atomic E-state index is 4.12. The molecule has 0 aromatic heterocycles. The first-order valence-electron chi connectivity index (χ1n) is 6.19. The average molecular weight is 220 g/mol. The normalized spacial score (nSPS) is 12.1. The predicted octanol–water partition coefficient (Wildman–Crippen LogP) is 4.68. The molecule has 0 heteroatoms. The molecule has 3 rings (SSSR count). The molecular weight excluding hydrogens is 204 g/mol. The van der Waals surface area contributed by atoms with Gasteiger partial charge in [-0.3, -0.25) is 0 Å². The molecule has 0 saturated heterocycles. The first-order chi connectivity index (χ1) is 8.29.